The van der Waals surface area contributed by atoms with Crippen LogP contribution in [0.3, 0.4) is 0 Å². The lowest BCUT2D eigenvalue weighted by Crippen LogP contribution is -2.25. The monoisotopic (exact) mass is 998 g/mol. The molecule has 9 heterocycles. The number of thiazole rings is 2. The first-order chi connectivity index (χ1) is 36.0. The first-order valence-electron chi connectivity index (χ1n) is 24.4. The van der Waals surface area contributed by atoms with Crippen LogP contribution >= 0.6 is 22.7 Å². The van der Waals surface area contributed by atoms with Crippen LogP contribution in [0, 0.1) is 6.92 Å². The van der Waals surface area contributed by atoms with E-state index < -0.39 is 0 Å². The Morgan fingerprint density at radius 3 is 1.51 bits per heavy atom. The SMILES string of the molecule is CCCN1CCc2cc(-c3cnc(-c4cccc(CN(Cc5ncccn5)Cc5ncccn5)n4)s3)ccc21.Cc1ccc(-c2cnc(-c3cccc(CN(Cc4ccccn4)Cc4ncccn4)n3)s2)cc1. The van der Waals surface area contributed by atoms with Gasteiger partial charge in [0.05, 0.1) is 57.9 Å². The molecule has 0 radical (unpaired) electrons. The van der Waals surface area contributed by atoms with E-state index in [1.54, 1.807) is 59.9 Å². The van der Waals surface area contributed by atoms with Gasteiger partial charge in [0.15, 0.2) is 0 Å². The smallest absolute Gasteiger partial charge is 0.142 e. The van der Waals surface area contributed by atoms with E-state index >= 15 is 0 Å². The number of fused-ring (bicyclic) bond motifs is 1. The van der Waals surface area contributed by atoms with Gasteiger partial charge in [-0.05, 0) is 103 Å². The Morgan fingerprint density at radius 1 is 0.479 bits per heavy atom. The van der Waals surface area contributed by atoms with E-state index in [9.17, 15) is 0 Å². The highest BCUT2D eigenvalue weighted by molar-refractivity contribution is 7.18. The zero-order chi connectivity index (χ0) is 49.6. The van der Waals surface area contributed by atoms with Crippen molar-refractivity contribution in [3.8, 4) is 42.3 Å². The molecule has 0 aliphatic carbocycles. The van der Waals surface area contributed by atoms with E-state index in [2.05, 4.69) is 117 Å². The molecule has 73 heavy (non-hydrogen) atoms. The van der Waals surface area contributed by atoms with Crippen molar-refractivity contribution < 1.29 is 0 Å². The van der Waals surface area contributed by atoms with Crippen LogP contribution in [0.25, 0.3) is 42.3 Å². The van der Waals surface area contributed by atoms with Gasteiger partial charge in [-0.25, -0.2) is 49.8 Å². The lowest BCUT2D eigenvalue weighted by molar-refractivity contribution is 0.232. The lowest BCUT2D eigenvalue weighted by atomic mass is 10.1. The summed E-state index contributed by atoms with van der Waals surface area (Å²) in [5.41, 5.74) is 11.1. The second-order valence-electron chi connectivity index (χ2n) is 17.6. The molecule has 0 N–H and O–H groups in total. The van der Waals surface area contributed by atoms with Crippen LogP contribution in [0.2, 0.25) is 0 Å². The summed E-state index contributed by atoms with van der Waals surface area (Å²) in [7, 11) is 0. The molecule has 364 valence electrons. The molecular weight excluding hydrogens is 945 g/mol. The van der Waals surface area contributed by atoms with Crippen LogP contribution in [-0.4, -0.2) is 77.7 Å². The van der Waals surface area contributed by atoms with Crippen molar-refractivity contribution in [1.82, 2.24) is 64.6 Å². The third-order valence-electron chi connectivity index (χ3n) is 12.1. The summed E-state index contributed by atoms with van der Waals surface area (Å²) in [4.78, 5) is 59.5. The molecule has 2 aromatic carbocycles. The highest BCUT2D eigenvalue weighted by Crippen LogP contribution is 2.37. The summed E-state index contributed by atoms with van der Waals surface area (Å²) in [6, 6.07) is 39.0. The van der Waals surface area contributed by atoms with Gasteiger partial charge in [-0.2, -0.15) is 0 Å². The highest BCUT2D eigenvalue weighted by atomic mass is 32.1. The van der Waals surface area contributed by atoms with Crippen LogP contribution in [0.1, 0.15) is 59.0 Å². The number of pyridine rings is 3. The molecule has 1 aliphatic heterocycles. The number of benzene rings is 2. The third kappa shape index (κ3) is 13.2. The van der Waals surface area contributed by atoms with Crippen molar-refractivity contribution in [2.45, 2.75) is 66.0 Å². The molecule has 1 aliphatic rings. The summed E-state index contributed by atoms with van der Waals surface area (Å²) in [6.45, 7) is 10.3. The molecule has 0 fully saturated rings. The van der Waals surface area contributed by atoms with E-state index in [0.29, 0.717) is 39.3 Å². The Kier molecular flexibility index (Phi) is 16.0. The number of aromatic nitrogens is 11. The summed E-state index contributed by atoms with van der Waals surface area (Å²) in [5, 5.41) is 1.84. The number of nitrogens with zero attached hydrogens (tertiary/aromatic N) is 14. The average molecular weight is 999 g/mol. The molecule has 16 heteroatoms. The standard InChI is InChI=1S/C30H30N8S.C27H24N6S/c1-2-15-38-16-10-22-17-23(8-9-26(22)38)27-18-35-30(39-27)25-7-3-6-24(36-25)19-37(20-28-31-11-4-12-32-28)21-29-33-13-5-14-34-29;1-20-9-11-21(12-10-20)25-16-31-27(34-25)24-8-4-7-23(32-24)18-33(17-22-6-2-3-13-28-22)19-26-29-14-5-15-30-26/h3-9,11-14,17-18H,2,10,15-16,19-21H2,1H3;2-16H,17-19H2,1H3. The minimum atomic E-state index is 0.570. The molecule has 0 spiro atoms. The van der Waals surface area contributed by atoms with Gasteiger partial charge in [0.2, 0.25) is 0 Å². The molecule has 0 atom stereocenters. The third-order valence-corrected chi connectivity index (χ3v) is 14.2. The predicted octanol–water partition coefficient (Wildman–Crippen LogP) is 11.0. The topological polar surface area (TPSA) is 152 Å². The number of aryl methyl sites for hydroxylation is 1. The number of hydrogen-bond acceptors (Lipinski definition) is 16. The van der Waals surface area contributed by atoms with Crippen LogP contribution in [-0.2, 0) is 45.7 Å². The zero-order valence-corrected chi connectivity index (χ0v) is 42.4. The molecule has 11 rings (SSSR count). The van der Waals surface area contributed by atoms with Crippen LogP contribution < -0.4 is 4.90 Å². The maximum absolute atomic E-state index is 4.98. The Balaban J connectivity index is 0.000000169. The molecule has 10 aromatic rings. The zero-order valence-electron chi connectivity index (χ0n) is 40.8. The summed E-state index contributed by atoms with van der Waals surface area (Å²) < 4.78 is 0. The largest absolute Gasteiger partial charge is 0.371 e. The van der Waals surface area contributed by atoms with Crippen molar-refractivity contribution in [3.63, 3.8) is 0 Å². The fourth-order valence-electron chi connectivity index (χ4n) is 8.62. The molecule has 0 saturated heterocycles. The fourth-order valence-corrected chi connectivity index (χ4v) is 10.4. The molecule has 0 unspecified atom stereocenters. The molecule has 0 bridgehead atoms. The van der Waals surface area contributed by atoms with Crippen LogP contribution in [0.5, 0.6) is 0 Å². The number of rotatable bonds is 18. The van der Waals surface area contributed by atoms with Gasteiger partial charge >= 0.3 is 0 Å². The highest BCUT2D eigenvalue weighted by Gasteiger charge is 2.20. The Labute approximate surface area is 433 Å². The van der Waals surface area contributed by atoms with Crippen molar-refractivity contribution in [2.24, 2.45) is 0 Å². The molecule has 0 saturated carbocycles. The quantitative estimate of drug-likeness (QED) is 0.0801. The number of hydrogen-bond donors (Lipinski definition) is 0. The van der Waals surface area contributed by atoms with Gasteiger partial charge in [-0.1, -0.05) is 61.0 Å². The van der Waals surface area contributed by atoms with Crippen LogP contribution in [0.15, 0.2) is 171 Å². The van der Waals surface area contributed by atoms with Gasteiger partial charge in [-0.3, -0.25) is 14.8 Å². The van der Waals surface area contributed by atoms with Gasteiger partial charge in [0, 0.05) is 94.2 Å². The van der Waals surface area contributed by atoms with E-state index in [1.807, 2.05) is 85.3 Å². The van der Waals surface area contributed by atoms with Gasteiger partial charge in [0.1, 0.15) is 27.5 Å². The van der Waals surface area contributed by atoms with Crippen molar-refractivity contribution in [3.05, 3.63) is 217 Å². The second-order valence-corrected chi connectivity index (χ2v) is 19.7. The predicted molar refractivity (Wildman–Crippen MR) is 289 cm³/mol. The minimum absolute atomic E-state index is 0.570. The fraction of sp³-hybridized carbons (Fsp3) is 0.211. The van der Waals surface area contributed by atoms with E-state index in [4.69, 9.17) is 15.0 Å². The Morgan fingerprint density at radius 2 is 0.973 bits per heavy atom. The molecule has 0 amide bonds. The minimum Gasteiger partial charge on any atom is -0.371 e. The van der Waals surface area contributed by atoms with E-state index in [1.165, 1.54) is 34.4 Å². The second kappa shape index (κ2) is 24.0. The first kappa shape index (κ1) is 48.7. The molecule has 14 nitrogen and oxygen atoms in total. The van der Waals surface area contributed by atoms with Gasteiger partial charge in [0.25, 0.3) is 0 Å². The molecule has 8 aromatic heterocycles. The normalized spacial score (nSPS) is 12.0. The van der Waals surface area contributed by atoms with Gasteiger partial charge in [-0.15, -0.1) is 22.7 Å². The maximum atomic E-state index is 4.98. The van der Waals surface area contributed by atoms with Gasteiger partial charge < -0.3 is 4.90 Å². The van der Waals surface area contributed by atoms with Crippen molar-refractivity contribution in [2.75, 3.05) is 18.0 Å². The summed E-state index contributed by atoms with van der Waals surface area (Å²) >= 11 is 3.35. The number of anilines is 1. The van der Waals surface area contributed by atoms with E-state index in [0.717, 1.165) is 85.2 Å². The van der Waals surface area contributed by atoms with Crippen LogP contribution in [0.4, 0.5) is 5.69 Å². The lowest BCUT2D eigenvalue weighted by Gasteiger charge is -2.21. The summed E-state index contributed by atoms with van der Waals surface area (Å²) in [6.07, 6.45) is 18.6. The molecular formula is C57H54N14S2. The Bertz CT molecular complexity index is 3220. The van der Waals surface area contributed by atoms with E-state index in [-0.39, 0.29) is 0 Å². The summed E-state index contributed by atoms with van der Waals surface area (Å²) in [5.74, 6) is 2.28. The van der Waals surface area contributed by atoms with Crippen molar-refractivity contribution >= 4 is 28.4 Å². The first-order valence-corrected chi connectivity index (χ1v) is 26.0. The van der Waals surface area contributed by atoms with Crippen molar-refractivity contribution in [1.29, 1.82) is 0 Å². The Hall–Kier alpha value is -7.89. The maximum Gasteiger partial charge on any atom is 0.142 e. The average Bonchev–Trinajstić information content (AvgIpc) is 4.22.